The second-order valence-electron chi connectivity index (χ2n) is 5.17. The summed E-state index contributed by atoms with van der Waals surface area (Å²) in [5.74, 6) is 0.800. The number of nitrogens with zero attached hydrogens (tertiary/aromatic N) is 2. The van der Waals surface area contributed by atoms with E-state index in [2.05, 4.69) is 5.32 Å². The molecule has 0 saturated heterocycles. The molecular weight excluding hydrogens is 270 g/mol. The first kappa shape index (κ1) is 15.2. The average Bonchev–Trinajstić information content (AvgIpc) is 2.89. The topological polar surface area (TPSA) is 61.9 Å². The Hall–Kier alpha value is -2.24. The summed E-state index contributed by atoms with van der Waals surface area (Å²) >= 11 is 0. The standard InChI is InChI=1S/C15H21N3O3/c1-17(2)14(19)6-8-16-15(20)18-9-7-11-10-12(21-3)4-5-13(11)18/h4-5,10H,6-9H2,1-3H3,(H,16,20). The first-order valence-electron chi connectivity index (χ1n) is 6.95. The van der Waals surface area contributed by atoms with E-state index < -0.39 is 0 Å². The molecule has 114 valence electrons. The van der Waals surface area contributed by atoms with Crippen LogP contribution in [0.25, 0.3) is 0 Å². The van der Waals surface area contributed by atoms with Gasteiger partial charge in [0.15, 0.2) is 0 Å². The maximum absolute atomic E-state index is 12.2. The molecule has 0 radical (unpaired) electrons. The van der Waals surface area contributed by atoms with Gasteiger partial charge in [0.25, 0.3) is 0 Å². The summed E-state index contributed by atoms with van der Waals surface area (Å²) in [6, 6.07) is 5.54. The number of urea groups is 1. The van der Waals surface area contributed by atoms with Crippen LogP contribution in [-0.2, 0) is 11.2 Å². The number of ether oxygens (including phenoxy) is 1. The fraction of sp³-hybridized carbons (Fsp3) is 0.467. The molecule has 6 heteroatoms. The normalized spacial score (nSPS) is 12.8. The van der Waals surface area contributed by atoms with Crippen molar-refractivity contribution in [2.75, 3.05) is 39.2 Å². The number of amides is 3. The van der Waals surface area contributed by atoms with Crippen molar-refractivity contribution in [3.05, 3.63) is 23.8 Å². The molecule has 1 aliphatic rings. The smallest absolute Gasteiger partial charge is 0.321 e. The number of fused-ring (bicyclic) bond motifs is 1. The molecule has 1 aromatic carbocycles. The first-order chi connectivity index (χ1) is 10.0. The highest BCUT2D eigenvalue weighted by Crippen LogP contribution is 2.31. The second-order valence-corrected chi connectivity index (χ2v) is 5.17. The summed E-state index contributed by atoms with van der Waals surface area (Å²) in [6.45, 7) is 0.994. The summed E-state index contributed by atoms with van der Waals surface area (Å²) in [6.07, 6.45) is 1.12. The summed E-state index contributed by atoms with van der Waals surface area (Å²) in [7, 11) is 5.03. The van der Waals surface area contributed by atoms with Gasteiger partial charge >= 0.3 is 6.03 Å². The molecule has 1 N–H and O–H groups in total. The Morgan fingerprint density at radius 3 is 2.81 bits per heavy atom. The van der Waals surface area contributed by atoms with Gasteiger partial charge in [0, 0.05) is 39.3 Å². The third-order valence-corrected chi connectivity index (χ3v) is 3.54. The number of hydrogen-bond donors (Lipinski definition) is 1. The predicted octanol–water partition coefficient (Wildman–Crippen LogP) is 1.25. The zero-order chi connectivity index (χ0) is 15.4. The quantitative estimate of drug-likeness (QED) is 0.908. The van der Waals surface area contributed by atoms with Crippen molar-refractivity contribution in [2.24, 2.45) is 0 Å². The number of anilines is 1. The minimum absolute atomic E-state index is 0.00172. The molecule has 1 heterocycles. The predicted molar refractivity (Wildman–Crippen MR) is 80.8 cm³/mol. The van der Waals surface area contributed by atoms with Crippen LogP contribution in [0.2, 0.25) is 0 Å². The molecule has 0 saturated carbocycles. The van der Waals surface area contributed by atoms with Gasteiger partial charge in [-0.1, -0.05) is 0 Å². The third-order valence-electron chi connectivity index (χ3n) is 3.54. The summed E-state index contributed by atoms with van der Waals surface area (Å²) in [5, 5.41) is 2.79. The van der Waals surface area contributed by atoms with Crippen molar-refractivity contribution in [1.82, 2.24) is 10.2 Å². The monoisotopic (exact) mass is 291 g/mol. The van der Waals surface area contributed by atoms with Gasteiger partial charge in [0.05, 0.1) is 7.11 Å². The van der Waals surface area contributed by atoms with Crippen molar-refractivity contribution in [1.29, 1.82) is 0 Å². The molecule has 0 fully saturated rings. The molecule has 0 aromatic heterocycles. The van der Waals surface area contributed by atoms with E-state index in [0.29, 0.717) is 19.5 Å². The van der Waals surface area contributed by atoms with Crippen LogP contribution in [0.15, 0.2) is 18.2 Å². The molecule has 3 amide bonds. The Kier molecular flexibility index (Phi) is 4.67. The van der Waals surface area contributed by atoms with Crippen LogP contribution in [0.3, 0.4) is 0 Å². The number of nitrogens with one attached hydrogen (secondary N) is 1. The van der Waals surface area contributed by atoms with Crippen molar-refractivity contribution in [2.45, 2.75) is 12.8 Å². The Morgan fingerprint density at radius 1 is 1.38 bits per heavy atom. The lowest BCUT2D eigenvalue weighted by Gasteiger charge is -2.18. The number of hydrogen-bond acceptors (Lipinski definition) is 3. The molecule has 1 aliphatic heterocycles. The Morgan fingerprint density at radius 2 is 2.14 bits per heavy atom. The zero-order valence-corrected chi connectivity index (χ0v) is 12.7. The van der Waals surface area contributed by atoms with E-state index in [4.69, 9.17) is 4.74 Å². The van der Waals surface area contributed by atoms with E-state index in [1.807, 2.05) is 18.2 Å². The van der Waals surface area contributed by atoms with Crippen LogP contribution in [0.4, 0.5) is 10.5 Å². The lowest BCUT2D eigenvalue weighted by atomic mass is 10.1. The van der Waals surface area contributed by atoms with Gasteiger partial charge in [-0.2, -0.15) is 0 Å². The van der Waals surface area contributed by atoms with Crippen molar-refractivity contribution in [3.63, 3.8) is 0 Å². The van der Waals surface area contributed by atoms with Gasteiger partial charge in [-0.05, 0) is 30.2 Å². The van der Waals surface area contributed by atoms with Gasteiger partial charge in [-0.3, -0.25) is 9.69 Å². The maximum atomic E-state index is 12.2. The maximum Gasteiger partial charge on any atom is 0.321 e. The number of carbonyl (C=O) groups excluding carboxylic acids is 2. The van der Waals surface area contributed by atoms with E-state index in [9.17, 15) is 9.59 Å². The van der Waals surface area contributed by atoms with E-state index in [1.54, 1.807) is 26.1 Å². The van der Waals surface area contributed by atoms with Crippen molar-refractivity contribution >= 4 is 17.6 Å². The summed E-state index contributed by atoms with van der Waals surface area (Å²) in [5.41, 5.74) is 2.01. The minimum Gasteiger partial charge on any atom is -0.497 e. The largest absolute Gasteiger partial charge is 0.497 e. The second kappa shape index (κ2) is 6.47. The lowest BCUT2D eigenvalue weighted by Crippen LogP contribution is -2.40. The van der Waals surface area contributed by atoms with Crippen LogP contribution < -0.4 is 15.0 Å². The first-order valence-corrected chi connectivity index (χ1v) is 6.95. The molecule has 21 heavy (non-hydrogen) atoms. The highest BCUT2D eigenvalue weighted by Gasteiger charge is 2.24. The molecule has 0 aliphatic carbocycles. The van der Waals surface area contributed by atoms with Crippen molar-refractivity contribution in [3.8, 4) is 5.75 Å². The molecular formula is C15H21N3O3. The van der Waals surface area contributed by atoms with Crippen LogP contribution in [-0.4, -0.2) is 51.1 Å². The molecule has 0 spiro atoms. The highest BCUT2D eigenvalue weighted by atomic mass is 16.5. The Balaban J connectivity index is 1.93. The molecule has 0 atom stereocenters. The Bertz CT molecular complexity index is 543. The van der Waals surface area contributed by atoms with E-state index in [0.717, 1.165) is 23.4 Å². The number of carbonyl (C=O) groups is 2. The molecule has 0 unspecified atom stereocenters. The van der Waals surface area contributed by atoms with Gasteiger partial charge < -0.3 is 15.0 Å². The van der Waals surface area contributed by atoms with E-state index in [-0.39, 0.29) is 11.9 Å². The third kappa shape index (κ3) is 3.45. The SMILES string of the molecule is COc1ccc2c(c1)CCN2C(=O)NCCC(=O)N(C)C. The van der Waals surface area contributed by atoms with Crippen LogP contribution >= 0.6 is 0 Å². The van der Waals surface area contributed by atoms with Crippen molar-refractivity contribution < 1.29 is 14.3 Å². The van der Waals surface area contributed by atoms with Gasteiger partial charge in [-0.15, -0.1) is 0 Å². The summed E-state index contributed by atoms with van der Waals surface area (Å²) in [4.78, 5) is 26.9. The van der Waals surface area contributed by atoms with Gasteiger partial charge in [0.1, 0.15) is 5.75 Å². The minimum atomic E-state index is -0.162. The molecule has 6 nitrogen and oxygen atoms in total. The van der Waals surface area contributed by atoms with Gasteiger partial charge in [0.2, 0.25) is 5.91 Å². The number of rotatable bonds is 4. The zero-order valence-electron chi connectivity index (χ0n) is 12.7. The highest BCUT2D eigenvalue weighted by molar-refractivity contribution is 5.94. The summed E-state index contributed by atoms with van der Waals surface area (Å²) < 4.78 is 5.19. The number of benzene rings is 1. The molecule has 1 aromatic rings. The lowest BCUT2D eigenvalue weighted by molar-refractivity contribution is -0.128. The van der Waals surface area contributed by atoms with Gasteiger partial charge in [-0.25, -0.2) is 4.79 Å². The van der Waals surface area contributed by atoms with E-state index in [1.165, 1.54) is 4.90 Å². The van der Waals surface area contributed by atoms with Crippen LogP contribution in [0.1, 0.15) is 12.0 Å². The fourth-order valence-electron chi connectivity index (χ4n) is 2.31. The number of methoxy groups -OCH3 is 1. The van der Waals surface area contributed by atoms with Crippen LogP contribution in [0.5, 0.6) is 5.75 Å². The molecule has 2 rings (SSSR count). The molecule has 0 bridgehead atoms. The average molecular weight is 291 g/mol. The van der Waals surface area contributed by atoms with E-state index >= 15 is 0 Å². The Labute approximate surface area is 124 Å². The van der Waals surface area contributed by atoms with Crippen LogP contribution in [0, 0.1) is 0 Å². The fourth-order valence-corrected chi connectivity index (χ4v) is 2.31.